The summed E-state index contributed by atoms with van der Waals surface area (Å²) in [6.07, 6.45) is 4.75. The largest absolute Gasteiger partial charge is 0.0894 e. The van der Waals surface area contributed by atoms with Gasteiger partial charge in [-0.1, -0.05) is 70.0 Å². The highest BCUT2D eigenvalue weighted by Crippen LogP contribution is 2.14. The Bertz CT molecular complexity index is 257. The van der Waals surface area contributed by atoms with Crippen LogP contribution in [0, 0.1) is 0 Å². The van der Waals surface area contributed by atoms with Crippen molar-refractivity contribution in [3.63, 3.8) is 0 Å². The number of aryl methyl sites for hydroxylation is 2. The third-order valence-electron chi connectivity index (χ3n) is 2.68. The van der Waals surface area contributed by atoms with E-state index in [1.54, 1.807) is 0 Å². The molecule has 0 bridgehead atoms. The Labute approximate surface area is 116 Å². The van der Waals surface area contributed by atoms with Crippen LogP contribution in [-0.2, 0) is 12.8 Å². The van der Waals surface area contributed by atoms with E-state index >= 15 is 0 Å². The smallest absolute Gasteiger partial charge is 0.0120 e. The average Bonchev–Trinajstić information content (AvgIpc) is 2.25. The standard InChI is InChI=1S/C14H20Br2/c1-11(15)3-5-13-7-9-14(10-8-13)6-4-12(2)16/h7-12H,3-6H2,1-2H3. The number of alkyl halides is 2. The van der Waals surface area contributed by atoms with Crippen molar-refractivity contribution in [2.75, 3.05) is 0 Å². The first-order valence-corrected chi connectivity index (χ1v) is 7.77. The van der Waals surface area contributed by atoms with E-state index in [1.807, 2.05) is 0 Å². The minimum Gasteiger partial charge on any atom is -0.0894 e. The minimum atomic E-state index is 0.612. The maximum atomic E-state index is 3.58. The Morgan fingerprint density at radius 2 is 1.12 bits per heavy atom. The number of hydrogen-bond acceptors (Lipinski definition) is 0. The van der Waals surface area contributed by atoms with Crippen molar-refractivity contribution in [2.24, 2.45) is 0 Å². The van der Waals surface area contributed by atoms with Crippen molar-refractivity contribution in [2.45, 2.75) is 49.2 Å². The molecule has 0 radical (unpaired) electrons. The molecule has 0 spiro atoms. The summed E-state index contributed by atoms with van der Waals surface area (Å²) in [6, 6.07) is 9.07. The van der Waals surface area contributed by atoms with Gasteiger partial charge in [0.15, 0.2) is 0 Å². The van der Waals surface area contributed by atoms with E-state index in [0.29, 0.717) is 9.65 Å². The lowest BCUT2D eigenvalue weighted by molar-refractivity contribution is 0.811. The fraction of sp³-hybridized carbons (Fsp3) is 0.571. The Kier molecular flexibility index (Phi) is 6.67. The van der Waals surface area contributed by atoms with Crippen molar-refractivity contribution in [3.8, 4) is 0 Å². The molecule has 1 aromatic rings. The number of hydrogen-bond donors (Lipinski definition) is 0. The molecule has 1 aromatic carbocycles. The molecule has 0 saturated carbocycles. The van der Waals surface area contributed by atoms with Crippen LogP contribution in [0.2, 0.25) is 0 Å². The highest BCUT2D eigenvalue weighted by Gasteiger charge is 2.00. The van der Waals surface area contributed by atoms with E-state index in [2.05, 4.69) is 70.0 Å². The van der Waals surface area contributed by atoms with E-state index in [-0.39, 0.29) is 0 Å². The third-order valence-corrected chi connectivity index (χ3v) is 3.60. The van der Waals surface area contributed by atoms with Gasteiger partial charge in [0.2, 0.25) is 0 Å². The van der Waals surface area contributed by atoms with Crippen molar-refractivity contribution >= 4 is 31.9 Å². The molecule has 2 unspecified atom stereocenters. The van der Waals surface area contributed by atoms with Gasteiger partial charge in [0.25, 0.3) is 0 Å². The summed E-state index contributed by atoms with van der Waals surface area (Å²) >= 11 is 7.16. The molecule has 0 aliphatic rings. The number of halogens is 2. The van der Waals surface area contributed by atoms with Crippen LogP contribution in [0.4, 0.5) is 0 Å². The van der Waals surface area contributed by atoms with Gasteiger partial charge in [0, 0.05) is 9.65 Å². The molecule has 0 aliphatic carbocycles. The van der Waals surface area contributed by atoms with Gasteiger partial charge >= 0.3 is 0 Å². The monoisotopic (exact) mass is 346 g/mol. The zero-order chi connectivity index (χ0) is 12.0. The van der Waals surface area contributed by atoms with Gasteiger partial charge in [-0.3, -0.25) is 0 Å². The predicted octanol–water partition coefficient (Wildman–Crippen LogP) is 5.12. The Hall–Kier alpha value is 0.180. The van der Waals surface area contributed by atoms with Gasteiger partial charge < -0.3 is 0 Å². The van der Waals surface area contributed by atoms with Gasteiger partial charge in [0.05, 0.1) is 0 Å². The summed E-state index contributed by atoms with van der Waals surface area (Å²) in [7, 11) is 0. The Morgan fingerprint density at radius 1 is 0.812 bits per heavy atom. The molecule has 1 rings (SSSR count). The SMILES string of the molecule is CC(Br)CCc1ccc(CCC(C)Br)cc1. The summed E-state index contributed by atoms with van der Waals surface area (Å²) in [5.74, 6) is 0. The highest BCUT2D eigenvalue weighted by molar-refractivity contribution is 9.09. The Balaban J connectivity index is 2.41. The third kappa shape index (κ3) is 6.05. The van der Waals surface area contributed by atoms with Crippen molar-refractivity contribution in [3.05, 3.63) is 35.4 Å². The molecule has 16 heavy (non-hydrogen) atoms. The van der Waals surface area contributed by atoms with E-state index < -0.39 is 0 Å². The summed E-state index contributed by atoms with van der Waals surface area (Å²) in [5, 5.41) is 0. The Morgan fingerprint density at radius 3 is 1.38 bits per heavy atom. The van der Waals surface area contributed by atoms with Crippen LogP contribution in [0.1, 0.15) is 37.8 Å². The molecule has 0 saturated heterocycles. The average molecular weight is 348 g/mol. The fourth-order valence-electron chi connectivity index (χ4n) is 1.60. The highest BCUT2D eigenvalue weighted by atomic mass is 79.9. The van der Waals surface area contributed by atoms with E-state index in [0.717, 1.165) is 0 Å². The van der Waals surface area contributed by atoms with Crippen molar-refractivity contribution in [1.29, 1.82) is 0 Å². The number of benzene rings is 1. The van der Waals surface area contributed by atoms with Crippen molar-refractivity contribution < 1.29 is 0 Å². The normalized spacial score (nSPS) is 14.8. The molecule has 2 atom stereocenters. The first-order chi connectivity index (χ1) is 7.58. The zero-order valence-electron chi connectivity index (χ0n) is 10.0. The quantitative estimate of drug-likeness (QED) is 0.626. The lowest BCUT2D eigenvalue weighted by Gasteiger charge is -2.06. The molecule has 0 fully saturated rings. The molecule has 2 heteroatoms. The van der Waals surface area contributed by atoms with Crippen LogP contribution in [-0.4, -0.2) is 9.65 Å². The van der Waals surface area contributed by atoms with E-state index in [1.165, 1.54) is 36.8 Å². The maximum absolute atomic E-state index is 3.58. The first kappa shape index (κ1) is 14.2. The molecular formula is C14H20Br2. The zero-order valence-corrected chi connectivity index (χ0v) is 13.2. The fourth-order valence-corrected chi connectivity index (χ4v) is 2.06. The van der Waals surface area contributed by atoms with Crippen LogP contribution >= 0.6 is 31.9 Å². The predicted molar refractivity (Wildman–Crippen MR) is 79.9 cm³/mol. The summed E-state index contributed by atoms with van der Waals surface area (Å²) in [5.41, 5.74) is 2.89. The summed E-state index contributed by atoms with van der Waals surface area (Å²) < 4.78 is 0. The van der Waals surface area contributed by atoms with E-state index in [4.69, 9.17) is 0 Å². The molecular weight excluding hydrogens is 328 g/mol. The number of rotatable bonds is 6. The van der Waals surface area contributed by atoms with Crippen LogP contribution < -0.4 is 0 Å². The summed E-state index contributed by atoms with van der Waals surface area (Å²) in [4.78, 5) is 1.22. The lowest BCUT2D eigenvalue weighted by atomic mass is 10.0. The minimum absolute atomic E-state index is 0.612. The lowest BCUT2D eigenvalue weighted by Crippen LogP contribution is -1.96. The van der Waals surface area contributed by atoms with E-state index in [9.17, 15) is 0 Å². The van der Waals surface area contributed by atoms with Crippen LogP contribution in [0.25, 0.3) is 0 Å². The first-order valence-electron chi connectivity index (χ1n) is 5.94. The van der Waals surface area contributed by atoms with Gasteiger partial charge in [-0.2, -0.15) is 0 Å². The van der Waals surface area contributed by atoms with Gasteiger partial charge in [0.1, 0.15) is 0 Å². The van der Waals surface area contributed by atoms with Crippen molar-refractivity contribution in [1.82, 2.24) is 0 Å². The topological polar surface area (TPSA) is 0 Å². The van der Waals surface area contributed by atoms with Crippen LogP contribution in [0.15, 0.2) is 24.3 Å². The van der Waals surface area contributed by atoms with Gasteiger partial charge in [-0.25, -0.2) is 0 Å². The molecule has 0 nitrogen and oxygen atoms in total. The molecule has 0 N–H and O–H groups in total. The molecule has 0 aromatic heterocycles. The molecule has 0 heterocycles. The molecule has 90 valence electrons. The van der Waals surface area contributed by atoms with Gasteiger partial charge in [-0.15, -0.1) is 0 Å². The second-order valence-electron chi connectivity index (χ2n) is 4.46. The second-order valence-corrected chi connectivity index (χ2v) is 7.58. The van der Waals surface area contributed by atoms with Gasteiger partial charge in [-0.05, 0) is 36.8 Å². The summed E-state index contributed by atoms with van der Waals surface area (Å²) in [6.45, 7) is 4.40. The maximum Gasteiger partial charge on any atom is 0.0120 e. The molecule has 0 aliphatic heterocycles. The molecule has 0 amide bonds. The second kappa shape index (κ2) is 7.50. The van der Waals surface area contributed by atoms with Crippen LogP contribution in [0.5, 0.6) is 0 Å². The van der Waals surface area contributed by atoms with Crippen LogP contribution in [0.3, 0.4) is 0 Å².